The Morgan fingerprint density at radius 1 is 1.36 bits per heavy atom. The van der Waals surface area contributed by atoms with Crippen LogP contribution in [0.2, 0.25) is 0 Å². The normalized spacial score (nSPS) is 15.1. The van der Waals surface area contributed by atoms with Crippen molar-refractivity contribution < 1.29 is 19.1 Å². The zero-order valence-electron chi connectivity index (χ0n) is 12.1. The lowest BCUT2D eigenvalue weighted by Crippen LogP contribution is -2.48. The molecule has 22 heavy (non-hydrogen) atoms. The number of hydrogen-bond donors (Lipinski definition) is 4. The van der Waals surface area contributed by atoms with Crippen molar-refractivity contribution in [1.29, 1.82) is 0 Å². The maximum absolute atomic E-state index is 12.2. The number of thiophene rings is 1. The summed E-state index contributed by atoms with van der Waals surface area (Å²) in [5.74, 6) is -0.987. The van der Waals surface area contributed by atoms with Crippen LogP contribution in [0.3, 0.4) is 0 Å². The van der Waals surface area contributed by atoms with E-state index in [0.29, 0.717) is 24.8 Å². The zero-order chi connectivity index (χ0) is 15.9. The molecule has 0 spiro atoms. The third-order valence-electron chi connectivity index (χ3n) is 3.04. The number of imide groups is 1. The van der Waals surface area contributed by atoms with Gasteiger partial charge in [0.2, 0.25) is 5.91 Å². The molecule has 2 heterocycles. The molecular formula is C13H18N4O4S. The average molecular weight is 326 g/mol. The van der Waals surface area contributed by atoms with E-state index in [4.69, 9.17) is 0 Å². The minimum Gasteiger partial charge on any atom is -0.450 e. The van der Waals surface area contributed by atoms with Crippen LogP contribution in [0.25, 0.3) is 0 Å². The lowest BCUT2D eigenvalue weighted by atomic mass is 10.1. The summed E-state index contributed by atoms with van der Waals surface area (Å²) >= 11 is 1.22. The van der Waals surface area contributed by atoms with Crippen LogP contribution in [0, 0.1) is 5.92 Å². The molecule has 1 aromatic rings. The Morgan fingerprint density at radius 2 is 2.09 bits per heavy atom. The summed E-state index contributed by atoms with van der Waals surface area (Å²) in [7, 11) is 0. The van der Waals surface area contributed by atoms with Gasteiger partial charge in [0.25, 0.3) is 5.91 Å². The number of nitrogens with one attached hydrogen (secondary N) is 4. The van der Waals surface area contributed by atoms with Gasteiger partial charge in [-0.3, -0.25) is 14.9 Å². The number of rotatable bonds is 4. The molecule has 0 aromatic carbocycles. The summed E-state index contributed by atoms with van der Waals surface area (Å²) in [6.45, 7) is 3.65. The van der Waals surface area contributed by atoms with Crippen molar-refractivity contribution >= 4 is 34.2 Å². The van der Waals surface area contributed by atoms with Crippen molar-refractivity contribution in [2.75, 3.05) is 31.7 Å². The highest BCUT2D eigenvalue weighted by Gasteiger charge is 2.23. The minimum absolute atomic E-state index is 0.174. The molecule has 3 amide bonds. The molecule has 2 rings (SSSR count). The molecule has 0 aliphatic carbocycles. The number of ether oxygens (including phenoxy) is 1. The molecule has 120 valence electrons. The highest BCUT2D eigenvalue weighted by molar-refractivity contribution is 7.14. The molecule has 0 bridgehead atoms. The van der Waals surface area contributed by atoms with Gasteiger partial charge in [-0.15, -0.1) is 11.3 Å². The quantitative estimate of drug-likeness (QED) is 0.635. The van der Waals surface area contributed by atoms with Crippen molar-refractivity contribution in [1.82, 2.24) is 16.0 Å². The van der Waals surface area contributed by atoms with Gasteiger partial charge in [-0.1, -0.05) is 0 Å². The van der Waals surface area contributed by atoms with Crippen molar-refractivity contribution in [3.05, 3.63) is 17.0 Å². The highest BCUT2D eigenvalue weighted by Crippen LogP contribution is 2.23. The van der Waals surface area contributed by atoms with Crippen molar-refractivity contribution in [3.8, 4) is 0 Å². The number of hydrogen-bond acceptors (Lipinski definition) is 7. The van der Waals surface area contributed by atoms with Gasteiger partial charge in [-0.2, -0.15) is 0 Å². The average Bonchev–Trinajstić information content (AvgIpc) is 2.96. The van der Waals surface area contributed by atoms with E-state index >= 15 is 0 Å². The Bertz CT molecular complexity index is 554. The Kier molecular flexibility index (Phi) is 5.87. The van der Waals surface area contributed by atoms with Crippen LogP contribution in [0.4, 0.5) is 9.80 Å². The summed E-state index contributed by atoms with van der Waals surface area (Å²) in [4.78, 5) is 35.4. The summed E-state index contributed by atoms with van der Waals surface area (Å²) in [6, 6.07) is 1.55. The zero-order valence-corrected chi connectivity index (χ0v) is 12.9. The molecule has 0 unspecified atom stereocenters. The monoisotopic (exact) mass is 326 g/mol. The van der Waals surface area contributed by atoms with E-state index in [-0.39, 0.29) is 24.0 Å². The second kappa shape index (κ2) is 7.87. The first kappa shape index (κ1) is 16.4. The van der Waals surface area contributed by atoms with E-state index in [2.05, 4.69) is 26.0 Å². The van der Waals surface area contributed by atoms with Crippen LogP contribution in [0.1, 0.15) is 17.3 Å². The molecule has 1 fully saturated rings. The molecule has 4 N–H and O–H groups in total. The predicted molar refractivity (Wildman–Crippen MR) is 81.8 cm³/mol. The SMILES string of the molecule is CCOC(=O)NC(=O)c1ccsc1NC(=O)C1CNCNC1. The predicted octanol–water partition coefficient (Wildman–Crippen LogP) is 0.339. The maximum atomic E-state index is 12.2. The van der Waals surface area contributed by atoms with Crippen LogP contribution >= 0.6 is 11.3 Å². The van der Waals surface area contributed by atoms with Crippen LogP contribution < -0.4 is 21.3 Å². The molecule has 1 aliphatic heterocycles. The largest absolute Gasteiger partial charge is 0.450 e. The van der Waals surface area contributed by atoms with E-state index in [1.54, 1.807) is 18.4 Å². The molecule has 0 saturated carbocycles. The first-order valence-corrected chi connectivity index (χ1v) is 7.77. The van der Waals surface area contributed by atoms with Crippen LogP contribution in [-0.2, 0) is 9.53 Å². The van der Waals surface area contributed by atoms with Crippen molar-refractivity contribution in [2.45, 2.75) is 6.92 Å². The van der Waals surface area contributed by atoms with E-state index in [9.17, 15) is 14.4 Å². The van der Waals surface area contributed by atoms with Gasteiger partial charge in [-0.25, -0.2) is 4.79 Å². The van der Waals surface area contributed by atoms with Crippen LogP contribution in [-0.4, -0.2) is 44.3 Å². The van der Waals surface area contributed by atoms with Gasteiger partial charge < -0.3 is 20.7 Å². The lowest BCUT2D eigenvalue weighted by Gasteiger charge is -2.22. The van der Waals surface area contributed by atoms with Gasteiger partial charge in [0.05, 0.1) is 18.1 Å². The van der Waals surface area contributed by atoms with Gasteiger partial charge in [0.1, 0.15) is 5.00 Å². The van der Waals surface area contributed by atoms with E-state index in [1.807, 2.05) is 0 Å². The molecule has 1 aromatic heterocycles. The first-order chi connectivity index (χ1) is 10.6. The number of carbonyl (C=O) groups is 3. The highest BCUT2D eigenvalue weighted by atomic mass is 32.1. The van der Waals surface area contributed by atoms with E-state index < -0.39 is 12.0 Å². The van der Waals surface area contributed by atoms with Gasteiger partial charge in [-0.05, 0) is 18.4 Å². The van der Waals surface area contributed by atoms with Crippen molar-refractivity contribution in [3.63, 3.8) is 0 Å². The van der Waals surface area contributed by atoms with Gasteiger partial charge in [0.15, 0.2) is 0 Å². The van der Waals surface area contributed by atoms with Crippen molar-refractivity contribution in [2.24, 2.45) is 5.92 Å². The molecule has 1 aliphatic rings. The second-order valence-electron chi connectivity index (χ2n) is 4.61. The number of alkyl carbamates (subject to hydrolysis) is 1. The minimum atomic E-state index is -0.809. The van der Waals surface area contributed by atoms with Gasteiger partial charge in [0, 0.05) is 19.8 Å². The number of amides is 3. The van der Waals surface area contributed by atoms with Gasteiger partial charge >= 0.3 is 6.09 Å². The topological polar surface area (TPSA) is 109 Å². The molecule has 1 saturated heterocycles. The molecular weight excluding hydrogens is 308 g/mol. The third-order valence-corrected chi connectivity index (χ3v) is 3.87. The standard InChI is InChI=1S/C13H18N4O4S/c1-2-21-13(20)17-11(19)9-3-4-22-12(9)16-10(18)8-5-14-7-15-6-8/h3-4,8,14-15H,2,5-7H2,1H3,(H,16,18)(H,17,19,20). The molecule has 9 heteroatoms. The van der Waals surface area contributed by atoms with E-state index in [0.717, 1.165) is 0 Å². The summed E-state index contributed by atoms with van der Waals surface area (Å²) in [5, 5.41) is 13.1. The molecule has 0 radical (unpaired) electrons. The summed E-state index contributed by atoms with van der Waals surface area (Å²) < 4.78 is 4.66. The Labute approximate surface area is 131 Å². The Hall–Kier alpha value is -1.97. The maximum Gasteiger partial charge on any atom is 0.414 e. The first-order valence-electron chi connectivity index (χ1n) is 6.89. The fourth-order valence-corrected chi connectivity index (χ4v) is 2.75. The second-order valence-corrected chi connectivity index (χ2v) is 5.53. The number of carbonyl (C=O) groups excluding carboxylic acids is 3. The van der Waals surface area contributed by atoms with Crippen LogP contribution in [0.5, 0.6) is 0 Å². The fraction of sp³-hybridized carbons (Fsp3) is 0.462. The third kappa shape index (κ3) is 4.26. The molecule has 8 nitrogen and oxygen atoms in total. The Morgan fingerprint density at radius 3 is 2.77 bits per heavy atom. The lowest BCUT2D eigenvalue weighted by molar-refractivity contribution is -0.120. The Balaban J connectivity index is 1.98. The van der Waals surface area contributed by atoms with E-state index in [1.165, 1.54) is 11.3 Å². The summed E-state index contributed by atoms with van der Waals surface area (Å²) in [5.41, 5.74) is 0.239. The fourth-order valence-electron chi connectivity index (χ4n) is 1.96. The molecule has 0 atom stereocenters. The van der Waals surface area contributed by atoms with Crippen LogP contribution in [0.15, 0.2) is 11.4 Å². The number of anilines is 1. The summed E-state index contributed by atoms with van der Waals surface area (Å²) in [6.07, 6.45) is -0.809. The smallest absolute Gasteiger partial charge is 0.414 e.